The number of carbonyl (C=O) groups excluding carboxylic acids is 2. The Morgan fingerprint density at radius 3 is 2.54 bits per heavy atom. The van der Waals surface area contributed by atoms with Gasteiger partial charge in [0.05, 0.1) is 24.9 Å². The zero-order valence-corrected chi connectivity index (χ0v) is 13.2. The van der Waals surface area contributed by atoms with Crippen molar-refractivity contribution in [2.24, 2.45) is 0 Å². The van der Waals surface area contributed by atoms with Gasteiger partial charge in [-0.05, 0) is 42.8 Å². The Labute approximate surface area is 137 Å². The summed E-state index contributed by atoms with van der Waals surface area (Å²) in [5.41, 5.74) is 1.37. The van der Waals surface area contributed by atoms with Crippen LogP contribution in [-0.4, -0.2) is 25.5 Å². The number of aryl methyl sites for hydroxylation is 1. The summed E-state index contributed by atoms with van der Waals surface area (Å²) >= 11 is 0. The average molecular weight is 334 g/mol. The molecular weight excluding hydrogens is 318 g/mol. The summed E-state index contributed by atoms with van der Waals surface area (Å²) in [6, 6.07) is 7.66. The highest BCUT2D eigenvalue weighted by Crippen LogP contribution is 2.18. The Hall–Kier alpha value is -2.96. The fraction of sp³-hybridized carbons (Fsp3) is 0.176. The standard InChI is InChI=1S/C17H16F2N2O3/c1-10-3-4-11(17(23)24-2)7-14(10)21-16(22)9-20-15-8-12(18)5-6-13(15)19/h3-8,20H,9H2,1-2H3,(H,21,22). The van der Waals surface area contributed by atoms with Crippen LogP contribution < -0.4 is 10.6 Å². The monoisotopic (exact) mass is 334 g/mol. The molecule has 0 aromatic heterocycles. The van der Waals surface area contributed by atoms with Gasteiger partial charge in [0.2, 0.25) is 5.91 Å². The number of anilines is 2. The molecule has 0 aliphatic heterocycles. The van der Waals surface area contributed by atoms with Crippen molar-refractivity contribution in [3.05, 3.63) is 59.2 Å². The van der Waals surface area contributed by atoms with Gasteiger partial charge in [-0.1, -0.05) is 6.07 Å². The molecule has 0 fully saturated rings. The summed E-state index contributed by atoms with van der Waals surface area (Å²) in [6.07, 6.45) is 0. The quantitative estimate of drug-likeness (QED) is 0.825. The lowest BCUT2D eigenvalue weighted by Crippen LogP contribution is -2.22. The number of methoxy groups -OCH3 is 1. The Kier molecular flexibility index (Phi) is 5.47. The number of nitrogens with one attached hydrogen (secondary N) is 2. The second kappa shape index (κ2) is 7.54. The minimum Gasteiger partial charge on any atom is -0.465 e. The average Bonchev–Trinajstić information content (AvgIpc) is 2.57. The number of hydrogen-bond donors (Lipinski definition) is 2. The Morgan fingerprint density at radius 2 is 1.83 bits per heavy atom. The number of carbonyl (C=O) groups is 2. The van der Waals surface area contributed by atoms with E-state index in [1.165, 1.54) is 13.2 Å². The van der Waals surface area contributed by atoms with Crippen LogP contribution in [0.1, 0.15) is 15.9 Å². The topological polar surface area (TPSA) is 67.4 Å². The fourth-order valence-corrected chi connectivity index (χ4v) is 2.00. The van der Waals surface area contributed by atoms with Crippen molar-refractivity contribution in [1.29, 1.82) is 0 Å². The molecular formula is C17H16F2N2O3. The van der Waals surface area contributed by atoms with Crippen LogP contribution in [0.4, 0.5) is 20.2 Å². The Balaban J connectivity index is 2.04. The predicted octanol–water partition coefficient (Wildman–Crippen LogP) is 3.11. The molecule has 0 unspecified atom stereocenters. The van der Waals surface area contributed by atoms with Crippen molar-refractivity contribution in [2.75, 3.05) is 24.3 Å². The minimum atomic E-state index is -0.659. The molecule has 0 atom stereocenters. The third-order valence-electron chi connectivity index (χ3n) is 3.30. The van der Waals surface area contributed by atoms with Gasteiger partial charge in [0.25, 0.3) is 0 Å². The molecule has 24 heavy (non-hydrogen) atoms. The molecule has 5 nitrogen and oxygen atoms in total. The van der Waals surface area contributed by atoms with Gasteiger partial charge in [-0.2, -0.15) is 0 Å². The third-order valence-corrected chi connectivity index (χ3v) is 3.30. The van der Waals surface area contributed by atoms with E-state index in [0.717, 1.165) is 23.8 Å². The maximum absolute atomic E-state index is 13.5. The fourth-order valence-electron chi connectivity index (χ4n) is 2.00. The third kappa shape index (κ3) is 4.28. The van der Waals surface area contributed by atoms with E-state index in [-0.39, 0.29) is 12.2 Å². The van der Waals surface area contributed by atoms with E-state index in [1.54, 1.807) is 19.1 Å². The minimum absolute atomic E-state index is 0.106. The van der Waals surface area contributed by atoms with Crippen LogP contribution in [0.3, 0.4) is 0 Å². The zero-order chi connectivity index (χ0) is 17.7. The van der Waals surface area contributed by atoms with Gasteiger partial charge in [-0.15, -0.1) is 0 Å². The molecule has 0 spiro atoms. The molecule has 2 N–H and O–H groups in total. The highest BCUT2D eigenvalue weighted by atomic mass is 19.1. The molecule has 0 aliphatic rings. The van der Waals surface area contributed by atoms with Crippen molar-refractivity contribution in [3.63, 3.8) is 0 Å². The molecule has 1 amide bonds. The maximum Gasteiger partial charge on any atom is 0.337 e. The number of benzene rings is 2. The first-order valence-corrected chi connectivity index (χ1v) is 7.08. The summed E-state index contributed by atoms with van der Waals surface area (Å²) in [5, 5.41) is 5.13. The smallest absolute Gasteiger partial charge is 0.337 e. The van der Waals surface area contributed by atoms with Crippen LogP contribution in [0, 0.1) is 18.6 Å². The van der Waals surface area contributed by atoms with E-state index in [0.29, 0.717) is 11.3 Å². The first-order chi connectivity index (χ1) is 11.4. The van der Waals surface area contributed by atoms with Gasteiger partial charge >= 0.3 is 5.97 Å². The molecule has 0 heterocycles. The Morgan fingerprint density at radius 1 is 1.08 bits per heavy atom. The van der Waals surface area contributed by atoms with E-state index < -0.39 is 23.5 Å². The van der Waals surface area contributed by atoms with E-state index in [2.05, 4.69) is 15.4 Å². The summed E-state index contributed by atoms with van der Waals surface area (Å²) in [5.74, 6) is -2.26. The molecule has 0 saturated carbocycles. The van der Waals surface area contributed by atoms with Crippen molar-refractivity contribution >= 4 is 23.3 Å². The highest BCUT2D eigenvalue weighted by Gasteiger charge is 2.11. The van der Waals surface area contributed by atoms with Gasteiger partial charge in [0.1, 0.15) is 11.6 Å². The lowest BCUT2D eigenvalue weighted by atomic mass is 10.1. The lowest BCUT2D eigenvalue weighted by Gasteiger charge is -2.11. The molecule has 2 aromatic carbocycles. The van der Waals surface area contributed by atoms with Gasteiger partial charge in [0, 0.05) is 5.69 Å². The highest BCUT2D eigenvalue weighted by molar-refractivity contribution is 5.97. The van der Waals surface area contributed by atoms with E-state index in [4.69, 9.17) is 0 Å². The first kappa shape index (κ1) is 17.4. The lowest BCUT2D eigenvalue weighted by molar-refractivity contribution is -0.114. The van der Waals surface area contributed by atoms with Crippen molar-refractivity contribution in [1.82, 2.24) is 0 Å². The van der Waals surface area contributed by atoms with Gasteiger partial charge in [-0.25, -0.2) is 13.6 Å². The second-order valence-electron chi connectivity index (χ2n) is 5.05. The number of ether oxygens (including phenoxy) is 1. The van der Waals surface area contributed by atoms with Crippen LogP contribution in [0.15, 0.2) is 36.4 Å². The molecule has 126 valence electrons. The van der Waals surface area contributed by atoms with Crippen molar-refractivity contribution in [2.45, 2.75) is 6.92 Å². The normalized spacial score (nSPS) is 10.2. The van der Waals surface area contributed by atoms with Crippen LogP contribution >= 0.6 is 0 Å². The van der Waals surface area contributed by atoms with Crippen molar-refractivity contribution in [3.8, 4) is 0 Å². The number of rotatable bonds is 5. The van der Waals surface area contributed by atoms with Crippen LogP contribution in [0.25, 0.3) is 0 Å². The van der Waals surface area contributed by atoms with Crippen LogP contribution in [0.5, 0.6) is 0 Å². The van der Waals surface area contributed by atoms with Crippen LogP contribution in [-0.2, 0) is 9.53 Å². The largest absolute Gasteiger partial charge is 0.465 e. The summed E-state index contributed by atoms with van der Waals surface area (Å²) in [4.78, 5) is 23.5. The van der Waals surface area contributed by atoms with Crippen LogP contribution in [0.2, 0.25) is 0 Å². The number of amides is 1. The molecule has 2 aromatic rings. The SMILES string of the molecule is COC(=O)c1ccc(C)c(NC(=O)CNc2cc(F)ccc2F)c1. The second-order valence-corrected chi connectivity index (χ2v) is 5.05. The number of halogens is 2. The summed E-state index contributed by atoms with van der Waals surface area (Å²) in [6.45, 7) is 1.50. The molecule has 0 saturated heterocycles. The van der Waals surface area contributed by atoms with Gasteiger partial charge < -0.3 is 15.4 Å². The van der Waals surface area contributed by atoms with Crippen molar-refractivity contribution < 1.29 is 23.1 Å². The van der Waals surface area contributed by atoms with E-state index >= 15 is 0 Å². The number of esters is 1. The zero-order valence-electron chi connectivity index (χ0n) is 13.2. The van der Waals surface area contributed by atoms with E-state index in [1.807, 2.05) is 0 Å². The molecule has 0 radical (unpaired) electrons. The molecule has 0 aliphatic carbocycles. The summed E-state index contributed by atoms with van der Waals surface area (Å²) in [7, 11) is 1.26. The Bertz CT molecular complexity index is 778. The maximum atomic E-state index is 13.5. The molecule has 0 bridgehead atoms. The summed E-state index contributed by atoms with van der Waals surface area (Å²) < 4.78 is 31.2. The number of hydrogen-bond acceptors (Lipinski definition) is 4. The first-order valence-electron chi connectivity index (χ1n) is 7.08. The molecule has 7 heteroatoms. The predicted molar refractivity (Wildman–Crippen MR) is 86.0 cm³/mol. The van der Waals surface area contributed by atoms with E-state index in [9.17, 15) is 18.4 Å². The van der Waals surface area contributed by atoms with Gasteiger partial charge in [0.15, 0.2) is 0 Å². The molecule has 2 rings (SSSR count). The van der Waals surface area contributed by atoms with Gasteiger partial charge in [-0.3, -0.25) is 4.79 Å².